The monoisotopic (exact) mass is 786 g/mol. The molecule has 8 heteroatoms. The van der Waals surface area contributed by atoms with Crippen molar-refractivity contribution >= 4 is 86.2 Å². The van der Waals surface area contributed by atoms with Gasteiger partial charge >= 0.3 is 0 Å². The van der Waals surface area contributed by atoms with Crippen molar-refractivity contribution in [3.8, 4) is 45.9 Å². The van der Waals surface area contributed by atoms with Crippen LogP contribution in [-0.4, -0.2) is 29.1 Å². The summed E-state index contributed by atoms with van der Waals surface area (Å²) in [6, 6.07) is 63.2. The van der Waals surface area contributed by atoms with Crippen LogP contribution in [-0.2, 0) is 0 Å². The van der Waals surface area contributed by atoms with Crippen LogP contribution >= 0.6 is 11.3 Å². The number of fused-ring (bicyclic) bond motifs is 11. The van der Waals surface area contributed by atoms with Gasteiger partial charge in [-0.25, -0.2) is 9.97 Å². The number of hydrogen-bond acceptors (Lipinski definition) is 6. The third-order valence-electron chi connectivity index (χ3n) is 11.6. The molecule has 0 aliphatic carbocycles. The van der Waals surface area contributed by atoms with Crippen LogP contribution in [0.15, 0.2) is 186 Å². The molecule has 0 aliphatic heterocycles. The molecule has 0 N–H and O–H groups in total. The normalized spacial score (nSPS) is 12.0. The Hall–Kier alpha value is -7.94. The summed E-state index contributed by atoms with van der Waals surface area (Å²) in [4.78, 5) is 21.2. The third kappa shape index (κ3) is 4.82. The molecule has 0 saturated heterocycles. The molecular weight excluding hydrogens is 757 g/mol. The van der Waals surface area contributed by atoms with Gasteiger partial charge in [-0.15, -0.1) is 11.3 Å². The number of nitrogens with zero attached hydrogens (tertiary/aromatic N) is 6. The summed E-state index contributed by atoms with van der Waals surface area (Å²) in [5.41, 5.74) is 9.22. The van der Waals surface area contributed by atoms with E-state index in [4.69, 9.17) is 24.4 Å². The molecule has 0 saturated carbocycles. The molecule has 0 amide bonds. The maximum Gasteiger partial charge on any atom is 0.238 e. The Morgan fingerprint density at radius 2 is 1.00 bits per heavy atom. The zero-order valence-corrected chi connectivity index (χ0v) is 32.6. The Morgan fingerprint density at radius 1 is 0.417 bits per heavy atom. The van der Waals surface area contributed by atoms with E-state index in [9.17, 15) is 0 Å². The second-order valence-corrected chi connectivity index (χ2v) is 16.1. The molecule has 0 unspecified atom stereocenters. The lowest BCUT2D eigenvalue weighted by molar-refractivity contribution is 0.620. The molecule has 0 aliphatic rings. The Morgan fingerprint density at radius 3 is 1.77 bits per heavy atom. The first-order valence-corrected chi connectivity index (χ1v) is 20.7. The summed E-state index contributed by atoms with van der Waals surface area (Å²) in [7, 11) is 0. The Kier molecular flexibility index (Phi) is 7.05. The molecule has 13 rings (SSSR count). The number of hydrogen-bond donors (Lipinski definition) is 0. The first-order chi connectivity index (χ1) is 29.8. The number of para-hydroxylation sites is 4. The van der Waals surface area contributed by atoms with Crippen molar-refractivity contribution in [2.75, 3.05) is 0 Å². The van der Waals surface area contributed by atoms with Gasteiger partial charge in [-0.2, -0.15) is 9.97 Å². The molecule has 0 radical (unpaired) electrons. The maximum atomic E-state index is 6.60. The predicted molar refractivity (Wildman–Crippen MR) is 245 cm³/mol. The second kappa shape index (κ2) is 12.8. The van der Waals surface area contributed by atoms with E-state index >= 15 is 0 Å². The minimum atomic E-state index is 0.496. The number of benzene rings is 8. The molecule has 0 atom stereocenters. The van der Waals surface area contributed by atoms with Crippen molar-refractivity contribution in [2.24, 2.45) is 0 Å². The fraction of sp³-hybridized carbons (Fsp3) is 0. The summed E-state index contributed by atoms with van der Waals surface area (Å²) in [6.45, 7) is 0. The lowest BCUT2D eigenvalue weighted by Crippen LogP contribution is -2.07. The highest BCUT2D eigenvalue weighted by atomic mass is 32.1. The number of aromatic nitrogens is 6. The predicted octanol–water partition coefficient (Wildman–Crippen LogP) is 13.6. The van der Waals surface area contributed by atoms with Gasteiger partial charge in [-0.05, 0) is 60.7 Å². The standard InChI is InChI=1S/C52H30N6OS/c1-3-15-31(16-4-1)51-53-41-25-14-23-39(47(41)59-51)49-54-50(40-24-13-22-38-35-21-9-12-28-44(35)60-48(38)40)56-52(55-49)58-43-27-11-8-20-34(43)37-30-29-36-33-19-7-10-26-42(33)57(45(36)46(37)58)32-17-5-2-6-18-32/h1-30H. The molecule has 8 aromatic carbocycles. The van der Waals surface area contributed by atoms with E-state index < -0.39 is 0 Å². The van der Waals surface area contributed by atoms with Crippen LogP contribution in [0.25, 0.3) is 121 Å². The quantitative estimate of drug-likeness (QED) is 0.174. The van der Waals surface area contributed by atoms with Gasteiger partial charge in [-0.3, -0.25) is 4.57 Å². The van der Waals surface area contributed by atoms with Crippen LogP contribution in [0, 0.1) is 0 Å². The molecule has 0 fully saturated rings. The average molecular weight is 787 g/mol. The van der Waals surface area contributed by atoms with Gasteiger partial charge in [0, 0.05) is 58.5 Å². The highest BCUT2D eigenvalue weighted by Crippen LogP contribution is 2.43. The van der Waals surface area contributed by atoms with Gasteiger partial charge in [0.15, 0.2) is 17.2 Å². The van der Waals surface area contributed by atoms with Gasteiger partial charge in [-0.1, -0.05) is 121 Å². The zero-order valence-electron chi connectivity index (χ0n) is 31.8. The molecular formula is C52H30N6OS. The number of rotatable bonds is 5. The Balaban J connectivity index is 1.17. The first-order valence-electron chi connectivity index (χ1n) is 19.9. The van der Waals surface area contributed by atoms with Crippen molar-refractivity contribution in [1.29, 1.82) is 0 Å². The number of oxazole rings is 1. The van der Waals surface area contributed by atoms with Crippen molar-refractivity contribution in [3.05, 3.63) is 182 Å². The van der Waals surface area contributed by atoms with E-state index in [1.54, 1.807) is 11.3 Å². The van der Waals surface area contributed by atoms with Crippen LogP contribution in [0.2, 0.25) is 0 Å². The molecule has 13 aromatic rings. The first kappa shape index (κ1) is 33.1. The van der Waals surface area contributed by atoms with Gasteiger partial charge in [0.25, 0.3) is 0 Å². The van der Waals surface area contributed by atoms with E-state index in [0.29, 0.717) is 29.1 Å². The summed E-state index contributed by atoms with van der Waals surface area (Å²) in [5, 5.41) is 6.93. The Bertz CT molecular complexity index is 3840. The summed E-state index contributed by atoms with van der Waals surface area (Å²) in [6.07, 6.45) is 0. The van der Waals surface area contributed by atoms with Crippen molar-refractivity contribution < 1.29 is 4.42 Å². The molecule has 0 bridgehead atoms. The van der Waals surface area contributed by atoms with Crippen molar-refractivity contribution in [1.82, 2.24) is 29.1 Å². The highest BCUT2D eigenvalue weighted by molar-refractivity contribution is 7.26. The third-order valence-corrected chi connectivity index (χ3v) is 12.8. The molecule has 5 aromatic heterocycles. The SMILES string of the molecule is c1ccc(-c2nc3cccc(-c4nc(-c5cccc6c5sc5ccccc56)nc(-n5c6ccccc6c6ccc7c8ccccc8n(-c8ccccc8)c7c65)n4)c3o2)cc1. The van der Waals surface area contributed by atoms with E-state index in [2.05, 4.69) is 143 Å². The molecule has 5 heterocycles. The van der Waals surface area contributed by atoms with Gasteiger partial charge in [0.05, 0.1) is 27.6 Å². The number of thiophene rings is 1. The molecule has 0 spiro atoms. The minimum absolute atomic E-state index is 0.496. The molecule has 60 heavy (non-hydrogen) atoms. The summed E-state index contributed by atoms with van der Waals surface area (Å²) >= 11 is 1.76. The van der Waals surface area contributed by atoms with Crippen LogP contribution in [0.1, 0.15) is 0 Å². The minimum Gasteiger partial charge on any atom is -0.435 e. The molecule has 7 nitrogen and oxygen atoms in total. The lowest BCUT2D eigenvalue weighted by Gasteiger charge is -2.13. The highest BCUT2D eigenvalue weighted by Gasteiger charge is 2.25. The lowest BCUT2D eigenvalue weighted by atomic mass is 10.1. The fourth-order valence-corrected chi connectivity index (χ4v) is 10.2. The van der Waals surface area contributed by atoms with Crippen molar-refractivity contribution in [3.63, 3.8) is 0 Å². The van der Waals surface area contributed by atoms with Crippen LogP contribution in [0.3, 0.4) is 0 Å². The topological polar surface area (TPSA) is 74.6 Å². The van der Waals surface area contributed by atoms with Gasteiger partial charge in [0.1, 0.15) is 5.52 Å². The smallest absolute Gasteiger partial charge is 0.238 e. The van der Waals surface area contributed by atoms with Crippen LogP contribution in [0.4, 0.5) is 0 Å². The fourth-order valence-electron chi connectivity index (χ4n) is 9.01. The Labute approximate surface area is 346 Å². The second-order valence-electron chi connectivity index (χ2n) is 15.0. The van der Waals surface area contributed by atoms with Crippen LogP contribution < -0.4 is 0 Å². The summed E-state index contributed by atoms with van der Waals surface area (Å²) < 4.78 is 13.6. The van der Waals surface area contributed by atoms with E-state index in [1.807, 2.05) is 48.5 Å². The maximum absolute atomic E-state index is 6.60. The van der Waals surface area contributed by atoms with Gasteiger partial charge < -0.3 is 8.98 Å². The van der Waals surface area contributed by atoms with Gasteiger partial charge in [0.2, 0.25) is 11.8 Å². The van der Waals surface area contributed by atoms with Crippen LogP contribution in [0.5, 0.6) is 0 Å². The van der Waals surface area contributed by atoms with E-state index in [1.165, 1.54) is 20.9 Å². The van der Waals surface area contributed by atoms with Crippen molar-refractivity contribution in [2.45, 2.75) is 0 Å². The zero-order chi connectivity index (χ0) is 39.3. The van der Waals surface area contributed by atoms with E-state index in [-0.39, 0.29) is 0 Å². The van der Waals surface area contributed by atoms with E-state index in [0.717, 1.165) is 70.8 Å². The molecule has 280 valence electrons. The average Bonchev–Trinajstić information content (AvgIpc) is 4.09. The largest absolute Gasteiger partial charge is 0.435 e. The summed E-state index contributed by atoms with van der Waals surface area (Å²) in [5.74, 6) is 2.13.